The highest BCUT2D eigenvalue weighted by Gasteiger charge is 2.30. The molecule has 10 nitrogen and oxygen atoms in total. The number of hydrogen-bond donors (Lipinski definition) is 2. The predicted octanol–water partition coefficient (Wildman–Crippen LogP) is 6.49. The summed E-state index contributed by atoms with van der Waals surface area (Å²) in [6.45, 7) is 2.59. The normalized spacial score (nSPS) is 14.2. The minimum absolute atomic E-state index is 0.149. The maximum absolute atomic E-state index is 13.2. The van der Waals surface area contributed by atoms with E-state index in [1.54, 1.807) is 30.6 Å². The number of nitriles is 1. The Kier molecular flexibility index (Phi) is 8.16. The van der Waals surface area contributed by atoms with E-state index in [9.17, 15) is 13.2 Å². The van der Waals surface area contributed by atoms with E-state index in [2.05, 4.69) is 37.3 Å². The Bertz CT molecular complexity index is 2110. The van der Waals surface area contributed by atoms with E-state index in [1.165, 1.54) is 12.1 Å². The van der Waals surface area contributed by atoms with E-state index in [0.29, 0.717) is 45.4 Å². The molecule has 48 heavy (non-hydrogen) atoms. The molecule has 0 aliphatic carbocycles. The van der Waals surface area contributed by atoms with Gasteiger partial charge in [0.2, 0.25) is 5.82 Å². The summed E-state index contributed by atoms with van der Waals surface area (Å²) in [6, 6.07) is 24.3. The molecule has 0 bridgehead atoms. The molecule has 1 fully saturated rings. The molecule has 3 N–H and O–H groups in total. The monoisotopic (exact) mass is 646 g/mol. The zero-order valence-corrected chi connectivity index (χ0v) is 25.6. The summed E-state index contributed by atoms with van der Waals surface area (Å²) in [4.78, 5) is 24.5. The van der Waals surface area contributed by atoms with Crippen LogP contribution in [0.2, 0.25) is 0 Å². The highest BCUT2D eigenvalue weighted by molar-refractivity contribution is 5.84. The molecule has 0 atom stereocenters. The molecule has 0 radical (unpaired) electrons. The predicted molar refractivity (Wildman–Crippen MR) is 176 cm³/mol. The Labute approximate surface area is 273 Å². The number of nitrogen functional groups attached to an aromatic ring is 1. The first-order valence-corrected chi connectivity index (χ1v) is 15.3. The van der Waals surface area contributed by atoms with Crippen molar-refractivity contribution in [1.82, 2.24) is 34.4 Å². The largest absolute Gasteiger partial charge is 0.416 e. The number of benzene rings is 2. The number of aromatic nitrogens is 6. The third-order valence-electron chi connectivity index (χ3n) is 8.39. The van der Waals surface area contributed by atoms with E-state index >= 15 is 0 Å². The molecular formula is C35H29F3N10. The van der Waals surface area contributed by atoms with Crippen LogP contribution in [0.15, 0.2) is 91.3 Å². The second kappa shape index (κ2) is 12.7. The van der Waals surface area contributed by atoms with Gasteiger partial charge >= 0.3 is 6.18 Å². The van der Waals surface area contributed by atoms with Crippen LogP contribution in [0.1, 0.15) is 29.8 Å². The average molecular weight is 647 g/mol. The van der Waals surface area contributed by atoms with Crippen molar-refractivity contribution in [2.75, 3.05) is 24.1 Å². The average Bonchev–Trinajstić information content (AvgIpc) is 3.48. The van der Waals surface area contributed by atoms with Gasteiger partial charge in [-0.2, -0.15) is 18.4 Å². The fourth-order valence-electron chi connectivity index (χ4n) is 5.93. The molecule has 0 amide bonds. The summed E-state index contributed by atoms with van der Waals surface area (Å²) in [7, 11) is 0. The van der Waals surface area contributed by atoms with Crippen molar-refractivity contribution >= 4 is 22.8 Å². The van der Waals surface area contributed by atoms with Crippen molar-refractivity contribution < 1.29 is 13.2 Å². The van der Waals surface area contributed by atoms with Crippen molar-refractivity contribution in [2.45, 2.75) is 31.6 Å². The lowest BCUT2D eigenvalue weighted by atomic mass is 10.0. The molecule has 0 spiro atoms. The number of fused-ring (bicyclic) bond motifs is 1. The van der Waals surface area contributed by atoms with E-state index in [-0.39, 0.29) is 11.9 Å². The van der Waals surface area contributed by atoms with E-state index < -0.39 is 11.7 Å². The highest BCUT2D eigenvalue weighted by atomic mass is 19.4. The lowest BCUT2D eigenvalue weighted by Gasteiger charge is -2.32. The first-order valence-electron chi connectivity index (χ1n) is 15.3. The smallest absolute Gasteiger partial charge is 0.383 e. The van der Waals surface area contributed by atoms with Crippen LogP contribution in [0.5, 0.6) is 0 Å². The number of piperidine rings is 1. The maximum Gasteiger partial charge on any atom is 0.416 e. The Morgan fingerprint density at radius 3 is 2.35 bits per heavy atom. The van der Waals surface area contributed by atoms with Crippen LogP contribution in [0.25, 0.3) is 39.5 Å². The van der Waals surface area contributed by atoms with Crippen LogP contribution in [-0.4, -0.2) is 53.5 Å². The van der Waals surface area contributed by atoms with Crippen molar-refractivity contribution in [3.8, 4) is 34.4 Å². The Morgan fingerprint density at radius 2 is 1.65 bits per heavy atom. The van der Waals surface area contributed by atoms with Crippen LogP contribution in [-0.2, 0) is 12.7 Å². The van der Waals surface area contributed by atoms with Crippen LogP contribution < -0.4 is 11.1 Å². The number of alkyl halides is 3. The molecule has 1 aliphatic heterocycles. The Morgan fingerprint density at radius 1 is 0.875 bits per heavy atom. The van der Waals surface area contributed by atoms with Gasteiger partial charge in [0, 0.05) is 49.3 Å². The van der Waals surface area contributed by atoms with Gasteiger partial charge in [0.1, 0.15) is 23.2 Å². The van der Waals surface area contributed by atoms with Crippen molar-refractivity contribution in [3.05, 3.63) is 108 Å². The molecule has 1 aliphatic rings. The van der Waals surface area contributed by atoms with Crippen LogP contribution in [0.3, 0.4) is 0 Å². The van der Waals surface area contributed by atoms with Gasteiger partial charge in [-0.25, -0.2) is 24.9 Å². The molecule has 240 valence electrons. The molecule has 6 aromatic rings. The number of likely N-dealkylation sites (tertiary alicyclic amines) is 1. The molecule has 1 saturated heterocycles. The van der Waals surface area contributed by atoms with Gasteiger partial charge in [0.25, 0.3) is 0 Å². The molecule has 0 unspecified atom stereocenters. The van der Waals surface area contributed by atoms with Gasteiger partial charge in [0.15, 0.2) is 11.5 Å². The van der Waals surface area contributed by atoms with Crippen LogP contribution in [0, 0.1) is 11.3 Å². The SMILES string of the molecule is N#Cc1nccc(NC2CCN(Cc3ccc(-n4c(-c5cccnc5N)nc5ccc(-c6ccc(C(F)(F)F)cc6)nc54)cc3)CC2)n1. The third kappa shape index (κ3) is 6.38. The topological polar surface area (TPSA) is 134 Å². The second-order valence-electron chi connectivity index (χ2n) is 11.6. The lowest BCUT2D eigenvalue weighted by Crippen LogP contribution is -2.38. The molecule has 2 aromatic carbocycles. The number of anilines is 2. The van der Waals surface area contributed by atoms with Gasteiger partial charge in [-0.05, 0) is 73.0 Å². The number of nitrogens with zero attached hydrogens (tertiary/aromatic N) is 8. The Balaban J connectivity index is 1.14. The van der Waals surface area contributed by atoms with Gasteiger partial charge in [-0.3, -0.25) is 9.47 Å². The molecule has 4 aromatic heterocycles. The number of nitrogens with two attached hydrogens (primary N) is 1. The molecule has 7 rings (SSSR count). The summed E-state index contributed by atoms with van der Waals surface area (Å²) in [6.07, 6.45) is 0.653. The van der Waals surface area contributed by atoms with Gasteiger partial charge < -0.3 is 11.1 Å². The van der Waals surface area contributed by atoms with E-state index in [1.807, 2.05) is 34.9 Å². The number of rotatable bonds is 7. The van der Waals surface area contributed by atoms with E-state index in [0.717, 1.165) is 55.9 Å². The number of imidazole rings is 1. The fraction of sp³-hybridized carbons (Fsp3) is 0.200. The standard InChI is InChI=1S/C35H29F3N10/c36-35(37,38)24-7-5-23(6-8-24)28-11-12-29-34(44-28)48(33(45-29)27-2-1-16-42-32(27)40)26-9-3-22(4-10-26)21-47-18-14-25(15-19-47)43-30-13-17-41-31(20-39)46-30/h1-13,16-17,25H,14-15,18-19,21H2,(H2,40,42)(H,41,43,46). The summed E-state index contributed by atoms with van der Waals surface area (Å²) >= 11 is 0. The Hall–Kier alpha value is -5.87. The van der Waals surface area contributed by atoms with Crippen LogP contribution in [0.4, 0.5) is 24.8 Å². The zero-order chi connectivity index (χ0) is 33.3. The van der Waals surface area contributed by atoms with Gasteiger partial charge in [-0.15, -0.1) is 0 Å². The minimum Gasteiger partial charge on any atom is -0.383 e. The summed E-state index contributed by atoms with van der Waals surface area (Å²) in [5, 5.41) is 12.5. The van der Waals surface area contributed by atoms with Crippen molar-refractivity contribution in [3.63, 3.8) is 0 Å². The quantitative estimate of drug-likeness (QED) is 0.200. The zero-order valence-electron chi connectivity index (χ0n) is 25.6. The number of nitrogens with one attached hydrogen (secondary N) is 1. The summed E-state index contributed by atoms with van der Waals surface area (Å²) in [5.74, 6) is 1.68. The second-order valence-corrected chi connectivity index (χ2v) is 11.6. The maximum atomic E-state index is 13.2. The summed E-state index contributed by atoms with van der Waals surface area (Å²) in [5.41, 5.74) is 10.4. The van der Waals surface area contributed by atoms with Crippen molar-refractivity contribution in [2.24, 2.45) is 0 Å². The highest BCUT2D eigenvalue weighted by Crippen LogP contribution is 2.34. The van der Waals surface area contributed by atoms with Crippen LogP contribution >= 0.6 is 0 Å². The number of hydrogen-bond acceptors (Lipinski definition) is 9. The van der Waals surface area contributed by atoms with Crippen molar-refractivity contribution in [1.29, 1.82) is 5.26 Å². The molecule has 5 heterocycles. The molecular weight excluding hydrogens is 617 g/mol. The fourth-order valence-corrected chi connectivity index (χ4v) is 5.93. The first kappa shape index (κ1) is 30.8. The summed E-state index contributed by atoms with van der Waals surface area (Å²) < 4.78 is 41.4. The molecule has 0 saturated carbocycles. The van der Waals surface area contributed by atoms with Gasteiger partial charge in [-0.1, -0.05) is 24.3 Å². The number of halogens is 3. The third-order valence-corrected chi connectivity index (χ3v) is 8.39. The molecule has 13 heteroatoms. The lowest BCUT2D eigenvalue weighted by molar-refractivity contribution is -0.137. The first-order chi connectivity index (χ1) is 23.2. The minimum atomic E-state index is -4.42. The van der Waals surface area contributed by atoms with Gasteiger partial charge in [0.05, 0.1) is 16.8 Å². The van der Waals surface area contributed by atoms with E-state index in [4.69, 9.17) is 21.0 Å². The number of pyridine rings is 2.